The van der Waals surface area contributed by atoms with E-state index in [0.29, 0.717) is 24.4 Å². The molecule has 0 saturated heterocycles. The zero-order chi connectivity index (χ0) is 26.2. The number of fused-ring (bicyclic) bond motifs is 2. The Kier molecular flexibility index (Phi) is 5.95. The lowest BCUT2D eigenvalue weighted by molar-refractivity contribution is -0.124. The fourth-order valence-corrected chi connectivity index (χ4v) is 4.77. The molecule has 0 unspecified atom stereocenters. The number of amides is 1. The number of benzene rings is 1. The number of para-hydroxylation sites is 1. The Balaban J connectivity index is 1.14. The molecular formula is C27H25FN8O2. The van der Waals surface area contributed by atoms with E-state index in [1.807, 2.05) is 36.1 Å². The molecule has 1 atom stereocenters. The van der Waals surface area contributed by atoms with Crippen LogP contribution in [0.5, 0.6) is 0 Å². The highest BCUT2D eigenvalue weighted by molar-refractivity contribution is 5.81. The number of halogens is 1. The predicted octanol–water partition coefficient (Wildman–Crippen LogP) is 2.82. The molecule has 6 rings (SSSR count). The maximum absolute atomic E-state index is 14.1. The standard InChI is InChI=1S/C27H25FN8O2/c1-34-9-8-21-18(16-34)10-19(33-21)13-31-26(37)24-6-7-25-30-14-22(27(38)36(24)25)29-11-17-12-32-35(15-17)23-5-3-2-4-20(23)28/h2-5,8-10,12,14-16,24,29H,6-7,11,13H2,1H3,(H,31,37)/t24-/m0/s1. The number of pyridine rings is 1. The van der Waals surface area contributed by atoms with Crippen LogP contribution in [0.2, 0.25) is 0 Å². The summed E-state index contributed by atoms with van der Waals surface area (Å²) in [5, 5.41) is 10.2. The molecule has 3 aliphatic rings. The van der Waals surface area contributed by atoms with E-state index in [1.165, 1.54) is 21.5 Å². The number of anilines is 1. The molecule has 3 aliphatic heterocycles. The fourth-order valence-electron chi connectivity index (χ4n) is 4.77. The highest BCUT2D eigenvalue weighted by Crippen LogP contribution is 2.25. The largest absolute Gasteiger partial charge is 0.375 e. The molecule has 192 valence electrons. The first kappa shape index (κ1) is 23.6. The van der Waals surface area contributed by atoms with Gasteiger partial charge < -0.3 is 15.2 Å². The predicted molar refractivity (Wildman–Crippen MR) is 138 cm³/mol. The van der Waals surface area contributed by atoms with Crippen molar-refractivity contribution in [3.8, 4) is 16.9 Å². The molecule has 0 bridgehead atoms. The molecule has 0 spiro atoms. The number of rotatable bonds is 7. The van der Waals surface area contributed by atoms with Crippen LogP contribution < -0.4 is 16.2 Å². The average Bonchev–Trinajstić information content (AvgIpc) is 3.65. The van der Waals surface area contributed by atoms with E-state index in [9.17, 15) is 14.0 Å². The van der Waals surface area contributed by atoms with Gasteiger partial charge >= 0.3 is 0 Å². The minimum atomic E-state index is -0.641. The van der Waals surface area contributed by atoms with E-state index in [1.54, 1.807) is 30.6 Å². The van der Waals surface area contributed by atoms with Crippen molar-refractivity contribution in [2.45, 2.75) is 32.0 Å². The fraction of sp³-hybridized carbons (Fsp3) is 0.222. The molecule has 1 amide bonds. The van der Waals surface area contributed by atoms with Crippen molar-refractivity contribution in [2.75, 3.05) is 5.32 Å². The Labute approximate surface area is 217 Å². The first-order valence-electron chi connectivity index (χ1n) is 12.3. The van der Waals surface area contributed by atoms with Gasteiger partial charge in [-0.15, -0.1) is 0 Å². The van der Waals surface area contributed by atoms with E-state index >= 15 is 0 Å². The summed E-state index contributed by atoms with van der Waals surface area (Å²) in [4.78, 5) is 35.3. The molecule has 11 heteroatoms. The smallest absolute Gasteiger partial charge is 0.277 e. The maximum atomic E-state index is 14.1. The van der Waals surface area contributed by atoms with Crippen LogP contribution in [-0.2, 0) is 31.4 Å². The monoisotopic (exact) mass is 512 g/mol. The van der Waals surface area contributed by atoms with E-state index < -0.39 is 6.04 Å². The Morgan fingerprint density at radius 3 is 2.89 bits per heavy atom. The second kappa shape index (κ2) is 9.58. The Morgan fingerprint density at radius 2 is 2.03 bits per heavy atom. The van der Waals surface area contributed by atoms with Crippen molar-refractivity contribution in [3.63, 3.8) is 0 Å². The van der Waals surface area contributed by atoms with Crippen molar-refractivity contribution < 1.29 is 9.18 Å². The van der Waals surface area contributed by atoms with Crippen molar-refractivity contribution in [1.82, 2.24) is 34.2 Å². The summed E-state index contributed by atoms with van der Waals surface area (Å²) in [6, 6.07) is 9.60. The van der Waals surface area contributed by atoms with E-state index in [2.05, 4.69) is 25.7 Å². The van der Waals surface area contributed by atoms with Gasteiger partial charge in [0, 0.05) is 49.7 Å². The number of carbonyl (C=O) groups excluding carboxylic acids is 1. The van der Waals surface area contributed by atoms with Crippen molar-refractivity contribution in [2.24, 2.45) is 7.05 Å². The quantitative estimate of drug-likeness (QED) is 0.347. The van der Waals surface area contributed by atoms with Gasteiger partial charge in [-0.3, -0.25) is 19.1 Å². The number of nitrogens with zero attached hydrogens (tertiary/aromatic N) is 6. The van der Waals surface area contributed by atoms with Gasteiger partial charge in [0.1, 0.15) is 29.1 Å². The molecule has 10 nitrogen and oxygen atoms in total. The van der Waals surface area contributed by atoms with Crippen LogP contribution in [0.15, 0.2) is 72.2 Å². The summed E-state index contributed by atoms with van der Waals surface area (Å²) in [7, 11) is 1.94. The minimum Gasteiger partial charge on any atom is -0.375 e. The second-order valence-electron chi connectivity index (χ2n) is 9.33. The van der Waals surface area contributed by atoms with Crippen LogP contribution in [0.1, 0.15) is 29.5 Å². The lowest BCUT2D eigenvalue weighted by Crippen LogP contribution is -2.36. The summed E-state index contributed by atoms with van der Waals surface area (Å²) < 4.78 is 18.9. The highest BCUT2D eigenvalue weighted by atomic mass is 19.1. The van der Waals surface area contributed by atoms with Crippen LogP contribution in [0.4, 0.5) is 10.1 Å². The van der Waals surface area contributed by atoms with Gasteiger partial charge in [-0.25, -0.2) is 14.1 Å². The molecule has 0 saturated carbocycles. The number of hydrogen-bond acceptors (Lipinski definition) is 6. The first-order valence-corrected chi connectivity index (χ1v) is 12.3. The molecule has 1 aromatic carbocycles. The Morgan fingerprint density at radius 1 is 1.16 bits per heavy atom. The average molecular weight is 513 g/mol. The lowest BCUT2D eigenvalue weighted by Gasteiger charge is -2.15. The van der Waals surface area contributed by atoms with Crippen LogP contribution in [0, 0.1) is 5.82 Å². The van der Waals surface area contributed by atoms with Gasteiger partial charge in [-0.05, 0) is 30.7 Å². The third-order valence-corrected chi connectivity index (χ3v) is 6.68. The number of hydrogen-bond donors (Lipinski definition) is 2. The summed E-state index contributed by atoms with van der Waals surface area (Å²) in [5.74, 6) is -0.0386. The van der Waals surface area contributed by atoms with Crippen LogP contribution in [-0.4, -0.2) is 34.8 Å². The normalized spacial score (nSPS) is 14.5. The number of nitrogens with one attached hydrogen (secondary N) is 2. The molecule has 2 N–H and O–H groups in total. The zero-order valence-electron chi connectivity index (χ0n) is 20.6. The molecule has 2 aromatic heterocycles. The van der Waals surface area contributed by atoms with Gasteiger partial charge in [0.05, 0.1) is 30.3 Å². The van der Waals surface area contributed by atoms with Crippen molar-refractivity contribution in [1.29, 1.82) is 0 Å². The molecular weight excluding hydrogens is 487 g/mol. The third kappa shape index (κ3) is 4.42. The topological polar surface area (TPSA) is 112 Å². The lowest BCUT2D eigenvalue weighted by atomic mass is 10.2. The van der Waals surface area contributed by atoms with E-state index in [-0.39, 0.29) is 36.1 Å². The first-order chi connectivity index (χ1) is 18.5. The van der Waals surface area contributed by atoms with Gasteiger partial charge in [-0.1, -0.05) is 12.1 Å². The summed E-state index contributed by atoms with van der Waals surface area (Å²) >= 11 is 0. The van der Waals surface area contributed by atoms with Gasteiger partial charge in [0.25, 0.3) is 5.56 Å². The zero-order valence-corrected chi connectivity index (χ0v) is 20.6. The van der Waals surface area contributed by atoms with Gasteiger partial charge in [0.15, 0.2) is 0 Å². The third-order valence-electron chi connectivity index (χ3n) is 6.68. The van der Waals surface area contributed by atoms with Gasteiger partial charge in [0.2, 0.25) is 5.91 Å². The summed E-state index contributed by atoms with van der Waals surface area (Å²) in [6.45, 7) is 0.560. The summed E-state index contributed by atoms with van der Waals surface area (Å²) in [5.41, 5.74) is 3.70. The van der Waals surface area contributed by atoms with E-state index in [0.717, 1.165) is 22.5 Å². The summed E-state index contributed by atoms with van der Waals surface area (Å²) in [6.07, 6.45) is 9.74. The number of aromatic nitrogens is 6. The Bertz CT molecular complexity index is 1670. The SMILES string of the molecule is Cn1ccc2nc(CNC(=O)[C@@H]3CCc4ncc(NCc5cnn(-c6ccccc6F)c5)c(=O)n43)cc-2c1. The molecule has 0 aliphatic carbocycles. The maximum Gasteiger partial charge on any atom is 0.277 e. The number of carbonyl (C=O) groups is 1. The van der Waals surface area contributed by atoms with Crippen molar-refractivity contribution in [3.05, 3.63) is 101 Å². The molecule has 38 heavy (non-hydrogen) atoms. The molecule has 0 fully saturated rings. The van der Waals surface area contributed by atoms with Crippen LogP contribution >= 0.6 is 0 Å². The van der Waals surface area contributed by atoms with Crippen LogP contribution in [0.3, 0.4) is 0 Å². The van der Waals surface area contributed by atoms with Gasteiger partial charge in [-0.2, -0.15) is 5.10 Å². The molecule has 3 aromatic rings. The Hall–Kier alpha value is -4.80. The number of aryl methyl sites for hydroxylation is 2. The molecule has 5 heterocycles. The highest BCUT2D eigenvalue weighted by Gasteiger charge is 2.31. The van der Waals surface area contributed by atoms with E-state index in [4.69, 9.17) is 0 Å². The minimum absolute atomic E-state index is 0.242. The second-order valence-corrected chi connectivity index (χ2v) is 9.33. The van der Waals surface area contributed by atoms with Crippen molar-refractivity contribution >= 4 is 11.6 Å². The van der Waals surface area contributed by atoms with Crippen LogP contribution in [0.25, 0.3) is 16.9 Å². The molecule has 0 radical (unpaired) electrons.